The van der Waals surface area contributed by atoms with Gasteiger partial charge in [-0.15, -0.1) is 0 Å². The van der Waals surface area contributed by atoms with Gasteiger partial charge in [-0.05, 0) is 45.7 Å². The predicted octanol–water partition coefficient (Wildman–Crippen LogP) is 2.68. The van der Waals surface area contributed by atoms with E-state index in [0.29, 0.717) is 0 Å². The van der Waals surface area contributed by atoms with Gasteiger partial charge in [0.15, 0.2) is 5.75 Å². The van der Waals surface area contributed by atoms with Crippen molar-refractivity contribution in [2.45, 2.75) is 46.6 Å². The number of pyridine rings is 1. The number of hydrogen-bond donors (Lipinski definition) is 1. The number of rotatable bonds is 5. The van der Waals surface area contributed by atoms with Crippen molar-refractivity contribution in [1.82, 2.24) is 14.8 Å². The smallest absolute Gasteiger partial charge is 0.221 e. The van der Waals surface area contributed by atoms with E-state index < -0.39 is 0 Å². The predicted molar refractivity (Wildman–Crippen MR) is 83.7 cm³/mol. The largest absolute Gasteiger partial charge is 0.437 e. The van der Waals surface area contributed by atoms with Gasteiger partial charge in [-0.25, -0.2) is 4.68 Å². The summed E-state index contributed by atoms with van der Waals surface area (Å²) in [7, 11) is 1.89. The molecular formula is C16H24N4O. The molecule has 0 fully saturated rings. The quantitative estimate of drug-likeness (QED) is 0.918. The maximum atomic E-state index is 6.12. The molecule has 5 nitrogen and oxygen atoms in total. The third-order valence-corrected chi connectivity index (χ3v) is 3.43. The summed E-state index contributed by atoms with van der Waals surface area (Å²) < 4.78 is 7.89. The number of nitrogens with two attached hydrogens (primary N) is 1. The highest BCUT2D eigenvalue weighted by molar-refractivity contribution is 5.38. The molecule has 0 aromatic carbocycles. The van der Waals surface area contributed by atoms with Crippen LogP contribution in [0, 0.1) is 13.8 Å². The minimum atomic E-state index is 0.0667. The highest BCUT2D eigenvalue weighted by atomic mass is 16.5. The van der Waals surface area contributed by atoms with Crippen LogP contribution in [-0.4, -0.2) is 20.8 Å². The van der Waals surface area contributed by atoms with Crippen LogP contribution in [-0.2, 0) is 19.9 Å². The fourth-order valence-electron chi connectivity index (χ4n) is 2.41. The van der Waals surface area contributed by atoms with E-state index in [0.717, 1.165) is 47.1 Å². The number of aryl methyl sites for hydroxylation is 4. The average Bonchev–Trinajstić information content (AvgIpc) is 2.67. The maximum Gasteiger partial charge on any atom is 0.221 e. The average molecular weight is 288 g/mol. The molecule has 1 unspecified atom stereocenters. The van der Waals surface area contributed by atoms with Gasteiger partial charge < -0.3 is 10.5 Å². The van der Waals surface area contributed by atoms with E-state index in [9.17, 15) is 0 Å². The van der Waals surface area contributed by atoms with Gasteiger partial charge in [0.1, 0.15) is 0 Å². The fourth-order valence-corrected chi connectivity index (χ4v) is 2.41. The zero-order chi connectivity index (χ0) is 15.6. The molecule has 2 rings (SSSR count). The van der Waals surface area contributed by atoms with E-state index in [1.54, 1.807) is 4.68 Å². The zero-order valence-corrected chi connectivity index (χ0v) is 13.5. The first-order valence-electron chi connectivity index (χ1n) is 7.34. The Morgan fingerprint density at radius 2 is 2.05 bits per heavy atom. The second-order valence-electron chi connectivity index (χ2n) is 5.53. The summed E-state index contributed by atoms with van der Waals surface area (Å²) in [6, 6.07) is 4.00. The zero-order valence-electron chi connectivity index (χ0n) is 13.5. The number of nitrogens with zero attached hydrogens (tertiary/aromatic N) is 3. The lowest BCUT2D eigenvalue weighted by Gasteiger charge is -2.13. The van der Waals surface area contributed by atoms with E-state index in [-0.39, 0.29) is 6.04 Å². The minimum absolute atomic E-state index is 0.0667. The van der Waals surface area contributed by atoms with Gasteiger partial charge in [0, 0.05) is 24.3 Å². The van der Waals surface area contributed by atoms with Crippen molar-refractivity contribution in [3.63, 3.8) is 0 Å². The molecule has 21 heavy (non-hydrogen) atoms. The first kappa shape index (κ1) is 15.5. The highest BCUT2D eigenvalue weighted by Gasteiger charge is 2.18. The van der Waals surface area contributed by atoms with Gasteiger partial charge in [-0.2, -0.15) is 5.10 Å². The minimum Gasteiger partial charge on any atom is -0.437 e. The van der Waals surface area contributed by atoms with E-state index in [1.165, 1.54) is 0 Å². The fraction of sp³-hybridized carbons (Fsp3) is 0.500. The van der Waals surface area contributed by atoms with Crippen molar-refractivity contribution >= 4 is 0 Å². The summed E-state index contributed by atoms with van der Waals surface area (Å²) in [5, 5.41) is 4.45. The topological polar surface area (TPSA) is 66.0 Å². The van der Waals surface area contributed by atoms with E-state index in [2.05, 4.69) is 17.0 Å². The Bertz CT molecular complexity index is 631. The van der Waals surface area contributed by atoms with Crippen molar-refractivity contribution in [3.8, 4) is 11.6 Å². The number of ether oxygens (including phenoxy) is 1. The Hall–Kier alpha value is -1.88. The molecule has 0 bridgehead atoms. The maximum absolute atomic E-state index is 6.12. The van der Waals surface area contributed by atoms with Crippen LogP contribution in [0.1, 0.15) is 36.5 Å². The number of aromatic nitrogens is 3. The summed E-state index contributed by atoms with van der Waals surface area (Å²) >= 11 is 0. The summed E-state index contributed by atoms with van der Waals surface area (Å²) in [4.78, 5) is 4.54. The second-order valence-corrected chi connectivity index (χ2v) is 5.53. The third-order valence-electron chi connectivity index (χ3n) is 3.43. The SMILES string of the molecule is CCc1nc(C)ccc1Oc1c(CC(C)N)c(C)nn1C. The van der Waals surface area contributed by atoms with Crippen molar-refractivity contribution in [3.05, 3.63) is 34.8 Å². The molecule has 2 N–H and O–H groups in total. The standard InChI is InChI=1S/C16H24N4O/c1-6-14-15(8-7-11(3)18-14)21-16-13(9-10(2)17)12(4)19-20(16)5/h7-8,10H,6,9,17H2,1-5H3. The van der Waals surface area contributed by atoms with Gasteiger partial charge in [0.05, 0.1) is 11.4 Å². The molecule has 0 saturated carbocycles. The monoisotopic (exact) mass is 288 g/mol. The van der Waals surface area contributed by atoms with Gasteiger partial charge in [0.25, 0.3) is 0 Å². The molecular weight excluding hydrogens is 264 g/mol. The van der Waals surface area contributed by atoms with Crippen LogP contribution in [0.5, 0.6) is 11.6 Å². The molecule has 1 atom stereocenters. The van der Waals surface area contributed by atoms with Crippen LogP contribution in [0.15, 0.2) is 12.1 Å². The normalized spacial score (nSPS) is 12.5. The first-order valence-corrected chi connectivity index (χ1v) is 7.34. The molecule has 0 aliphatic rings. The van der Waals surface area contributed by atoms with Crippen LogP contribution in [0.25, 0.3) is 0 Å². The Balaban J connectivity index is 2.39. The van der Waals surface area contributed by atoms with E-state index in [4.69, 9.17) is 10.5 Å². The molecule has 114 valence electrons. The molecule has 0 radical (unpaired) electrons. The summed E-state index contributed by atoms with van der Waals surface area (Å²) in [6.45, 7) is 8.03. The van der Waals surface area contributed by atoms with Gasteiger partial charge in [-0.1, -0.05) is 6.92 Å². The molecule has 0 aliphatic carbocycles. The van der Waals surface area contributed by atoms with Gasteiger partial charge in [-0.3, -0.25) is 4.98 Å². The molecule has 0 spiro atoms. The van der Waals surface area contributed by atoms with Crippen LogP contribution in [0.2, 0.25) is 0 Å². The summed E-state index contributed by atoms with van der Waals surface area (Å²) in [5.74, 6) is 1.54. The molecule has 0 saturated heterocycles. The third kappa shape index (κ3) is 3.42. The molecule has 2 aromatic heterocycles. The lowest BCUT2D eigenvalue weighted by molar-refractivity contribution is 0.417. The lowest BCUT2D eigenvalue weighted by atomic mass is 10.1. The van der Waals surface area contributed by atoms with E-state index in [1.807, 2.05) is 40.0 Å². The van der Waals surface area contributed by atoms with Crippen molar-refractivity contribution in [2.24, 2.45) is 12.8 Å². The lowest BCUT2D eigenvalue weighted by Crippen LogP contribution is -2.18. The molecule has 0 aliphatic heterocycles. The van der Waals surface area contributed by atoms with Gasteiger partial charge in [0.2, 0.25) is 5.88 Å². The molecule has 2 aromatic rings. The Kier molecular flexibility index (Phi) is 4.63. The highest BCUT2D eigenvalue weighted by Crippen LogP contribution is 2.30. The van der Waals surface area contributed by atoms with Crippen molar-refractivity contribution < 1.29 is 4.74 Å². The van der Waals surface area contributed by atoms with Crippen LogP contribution in [0.4, 0.5) is 0 Å². The molecule has 5 heteroatoms. The van der Waals surface area contributed by atoms with Crippen LogP contribution < -0.4 is 10.5 Å². The molecule has 0 amide bonds. The summed E-state index contributed by atoms with van der Waals surface area (Å²) in [6.07, 6.45) is 1.58. The van der Waals surface area contributed by atoms with Crippen LogP contribution in [0.3, 0.4) is 0 Å². The summed E-state index contributed by atoms with van der Waals surface area (Å²) in [5.41, 5.74) is 9.92. The van der Waals surface area contributed by atoms with E-state index >= 15 is 0 Å². The Morgan fingerprint density at radius 1 is 1.33 bits per heavy atom. The first-order chi connectivity index (χ1) is 9.92. The second kappa shape index (κ2) is 6.26. The van der Waals surface area contributed by atoms with Crippen molar-refractivity contribution in [2.75, 3.05) is 0 Å². The van der Waals surface area contributed by atoms with Crippen molar-refractivity contribution in [1.29, 1.82) is 0 Å². The Morgan fingerprint density at radius 3 is 2.67 bits per heavy atom. The number of hydrogen-bond acceptors (Lipinski definition) is 4. The van der Waals surface area contributed by atoms with Crippen LogP contribution >= 0.6 is 0 Å². The molecule has 2 heterocycles. The van der Waals surface area contributed by atoms with Gasteiger partial charge >= 0.3 is 0 Å². The Labute approximate surface area is 126 Å².